The van der Waals surface area contributed by atoms with Crippen molar-refractivity contribution in [2.24, 2.45) is 0 Å². The van der Waals surface area contributed by atoms with E-state index in [4.69, 9.17) is 9.47 Å². The van der Waals surface area contributed by atoms with Crippen molar-refractivity contribution < 1.29 is 33.0 Å². The van der Waals surface area contributed by atoms with E-state index in [1.165, 1.54) is 0 Å². The maximum absolute atomic E-state index is 14.6. The summed E-state index contributed by atoms with van der Waals surface area (Å²) in [7, 11) is 0. The number of halogens is 2. The predicted molar refractivity (Wildman–Crippen MR) is 116 cm³/mol. The Bertz CT molecular complexity index is 1080. The second-order valence-corrected chi connectivity index (χ2v) is 9.62. The molecule has 3 atom stereocenters. The molecule has 184 valence electrons. The monoisotopic (exact) mass is 478 g/mol. The van der Waals surface area contributed by atoms with Crippen LogP contribution in [0.15, 0.2) is 18.2 Å². The van der Waals surface area contributed by atoms with Crippen molar-refractivity contribution in [3.05, 3.63) is 52.3 Å². The number of aromatic carboxylic acids is 1. The predicted octanol–water partition coefficient (Wildman–Crippen LogP) is 3.17. The van der Waals surface area contributed by atoms with Gasteiger partial charge in [0, 0.05) is 30.3 Å². The number of carbonyl (C=O) groups excluding carboxylic acids is 1. The molecule has 0 unspecified atom stereocenters. The lowest BCUT2D eigenvalue weighted by atomic mass is 9.91. The SMILES string of the molecule is CC(C)(C)OC(=O)N[C@H]1C[C@@H](N2CCc3c(C(=O)O)n[nH]c3C2)CO[C@@H]1c1cc(F)ccc1F. The molecule has 1 saturated heterocycles. The molecule has 1 aromatic heterocycles. The maximum atomic E-state index is 14.6. The molecule has 34 heavy (non-hydrogen) atoms. The third kappa shape index (κ3) is 5.20. The van der Waals surface area contributed by atoms with Crippen molar-refractivity contribution in [1.82, 2.24) is 20.4 Å². The molecule has 0 bridgehead atoms. The topological polar surface area (TPSA) is 117 Å². The van der Waals surface area contributed by atoms with Crippen molar-refractivity contribution in [2.75, 3.05) is 13.2 Å². The van der Waals surface area contributed by atoms with Crippen molar-refractivity contribution in [1.29, 1.82) is 0 Å². The van der Waals surface area contributed by atoms with Crippen LogP contribution in [-0.2, 0) is 22.4 Å². The van der Waals surface area contributed by atoms with Crippen LogP contribution in [0, 0.1) is 11.6 Å². The molecule has 1 amide bonds. The number of benzene rings is 1. The Labute approximate surface area is 195 Å². The van der Waals surface area contributed by atoms with Crippen LogP contribution in [0.5, 0.6) is 0 Å². The van der Waals surface area contributed by atoms with E-state index in [1.807, 2.05) is 0 Å². The van der Waals surface area contributed by atoms with Gasteiger partial charge in [-0.3, -0.25) is 10.00 Å². The van der Waals surface area contributed by atoms with Gasteiger partial charge in [0.25, 0.3) is 0 Å². The molecule has 1 aromatic carbocycles. The van der Waals surface area contributed by atoms with E-state index >= 15 is 0 Å². The number of nitrogens with one attached hydrogen (secondary N) is 2. The lowest BCUT2D eigenvalue weighted by Crippen LogP contribution is -2.53. The van der Waals surface area contributed by atoms with Gasteiger partial charge in [0.05, 0.1) is 18.3 Å². The Morgan fingerprint density at radius 3 is 2.79 bits per heavy atom. The van der Waals surface area contributed by atoms with E-state index in [-0.39, 0.29) is 23.9 Å². The summed E-state index contributed by atoms with van der Waals surface area (Å²) in [5.74, 6) is -2.30. The highest BCUT2D eigenvalue weighted by molar-refractivity contribution is 5.87. The molecule has 0 spiro atoms. The fourth-order valence-corrected chi connectivity index (χ4v) is 4.53. The Hall–Kier alpha value is -3.05. The van der Waals surface area contributed by atoms with Crippen molar-refractivity contribution in [3.8, 4) is 0 Å². The lowest BCUT2D eigenvalue weighted by Gasteiger charge is -2.42. The van der Waals surface area contributed by atoms with E-state index in [2.05, 4.69) is 20.4 Å². The summed E-state index contributed by atoms with van der Waals surface area (Å²) in [6.45, 7) is 6.43. The number of amides is 1. The number of alkyl carbamates (subject to hydrolysis) is 1. The number of H-pyrrole nitrogens is 1. The number of fused-ring (bicyclic) bond motifs is 1. The molecule has 2 aliphatic heterocycles. The zero-order valence-corrected chi connectivity index (χ0v) is 19.2. The number of carbonyl (C=O) groups is 2. The quantitative estimate of drug-likeness (QED) is 0.618. The van der Waals surface area contributed by atoms with E-state index in [0.29, 0.717) is 31.5 Å². The van der Waals surface area contributed by atoms with Gasteiger partial charge in [-0.1, -0.05) is 0 Å². The minimum Gasteiger partial charge on any atom is -0.476 e. The molecular formula is C23H28F2N4O5. The highest BCUT2D eigenvalue weighted by Gasteiger charge is 2.39. The van der Waals surface area contributed by atoms with Crippen molar-refractivity contribution in [3.63, 3.8) is 0 Å². The van der Waals surface area contributed by atoms with E-state index in [0.717, 1.165) is 23.9 Å². The molecule has 0 saturated carbocycles. The van der Waals surface area contributed by atoms with Crippen LogP contribution in [0.1, 0.15) is 60.6 Å². The van der Waals surface area contributed by atoms with Crippen molar-refractivity contribution >= 4 is 12.1 Å². The second kappa shape index (κ2) is 9.30. The van der Waals surface area contributed by atoms with Gasteiger partial charge in [-0.15, -0.1) is 0 Å². The number of rotatable bonds is 4. The fourth-order valence-electron chi connectivity index (χ4n) is 4.53. The number of aromatic nitrogens is 2. The van der Waals surface area contributed by atoms with Crippen LogP contribution >= 0.6 is 0 Å². The van der Waals surface area contributed by atoms with E-state index in [1.54, 1.807) is 20.8 Å². The molecule has 0 radical (unpaired) electrons. The molecule has 3 N–H and O–H groups in total. The van der Waals surface area contributed by atoms with Crippen LogP contribution < -0.4 is 5.32 Å². The minimum absolute atomic E-state index is 0.0279. The van der Waals surface area contributed by atoms with E-state index < -0.39 is 41.4 Å². The Morgan fingerprint density at radius 2 is 2.09 bits per heavy atom. The number of carboxylic acid groups (broad SMARTS) is 1. The first kappa shape index (κ1) is 24.1. The van der Waals surface area contributed by atoms with Gasteiger partial charge in [-0.05, 0) is 51.8 Å². The average molecular weight is 478 g/mol. The molecule has 2 aliphatic rings. The standard InChI is InChI=1S/C23H28F2N4O5/c1-23(2,3)34-22(32)26-17-9-13(11-33-20(17)15-8-12(24)4-5-16(15)25)29-7-6-14-18(10-29)27-28-19(14)21(30)31/h4-5,8,13,17,20H,6-7,9-11H2,1-3H3,(H,26,32)(H,27,28)(H,30,31)/t13-,17+,20-/m1/s1. The first-order chi connectivity index (χ1) is 16.0. The molecule has 4 rings (SSSR count). The van der Waals surface area contributed by atoms with Gasteiger partial charge in [-0.25, -0.2) is 18.4 Å². The highest BCUT2D eigenvalue weighted by Crippen LogP contribution is 2.34. The summed E-state index contributed by atoms with van der Waals surface area (Å²) in [6.07, 6.45) is -0.680. The van der Waals surface area contributed by atoms with Gasteiger partial charge in [0.2, 0.25) is 0 Å². The summed E-state index contributed by atoms with van der Waals surface area (Å²) < 4.78 is 39.8. The number of nitrogens with zero attached hydrogens (tertiary/aromatic N) is 2. The van der Waals surface area contributed by atoms with Gasteiger partial charge < -0.3 is 19.9 Å². The van der Waals surface area contributed by atoms with Gasteiger partial charge in [0.1, 0.15) is 23.3 Å². The molecule has 0 aliphatic carbocycles. The number of aromatic amines is 1. The van der Waals surface area contributed by atoms with E-state index in [9.17, 15) is 23.5 Å². The Kier molecular flexibility index (Phi) is 6.59. The molecule has 1 fully saturated rings. The molecular weight excluding hydrogens is 450 g/mol. The zero-order chi connectivity index (χ0) is 24.6. The third-order valence-electron chi connectivity index (χ3n) is 6.01. The lowest BCUT2D eigenvalue weighted by molar-refractivity contribution is -0.0643. The molecule has 2 aromatic rings. The smallest absolute Gasteiger partial charge is 0.407 e. The first-order valence-electron chi connectivity index (χ1n) is 11.1. The summed E-state index contributed by atoms with van der Waals surface area (Å²) in [5.41, 5.74) is 0.729. The summed E-state index contributed by atoms with van der Waals surface area (Å²) in [5, 5.41) is 18.8. The van der Waals surface area contributed by atoms with Crippen LogP contribution in [0.25, 0.3) is 0 Å². The molecule has 9 nitrogen and oxygen atoms in total. The summed E-state index contributed by atoms with van der Waals surface area (Å²) in [6, 6.07) is 2.31. The van der Waals surface area contributed by atoms with Gasteiger partial charge >= 0.3 is 12.1 Å². The minimum atomic E-state index is -1.08. The second-order valence-electron chi connectivity index (χ2n) is 9.62. The van der Waals surface area contributed by atoms with Gasteiger partial charge in [-0.2, -0.15) is 5.10 Å². The van der Waals surface area contributed by atoms with Crippen molar-refractivity contribution in [2.45, 2.75) is 63.9 Å². The van der Waals surface area contributed by atoms with Gasteiger partial charge in [0.15, 0.2) is 5.69 Å². The maximum Gasteiger partial charge on any atom is 0.407 e. The average Bonchev–Trinajstić information content (AvgIpc) is 3.18. The normalized spacial score (nSPS) is 23.3. The third-order valence-corrected chi connectivity index (χ3v) is 6.01. The fraction of sp³-hybridized carbons (Fsp3) is 0.522. The highest BCUT2D eigenvalue weighted by atomic mass is 19.1. The Morgan fingerprint density at radius 1 is 1.32 bits per heavy atom. The number of hydrogen-bond donors (Lipinski definition) is 3. The van der Waals surface area contributed by atoms with Crippen LogP contribution in [0.2, 0.25) is 0 Å². The molecule has 11 heteroatoms. The Balaban J connectivity index is 1.54. The first-order valence-corrected chi connectivity index (χ1v) is 11.1. The van der Waals surface area contributed by atoms with Crippen LogP contribution in [0.3, 0.4) is 0 Å². The van der Waals surface area contributed by atoms with Crippen LogP contribution in [-0.4, -0.2) is 63.1 Å². The number of carboxylic acids is 1. The zero-order valence-electron chi connectivity index (χ0n) is 19.2. The summed E-state index contributed by atoms with van der Waals surface area (Å²) in [4.78, 5) is 26.0. The summed E-state index contributed by atoms with van der Waals surface area (Å²) >= 11 is 0. The number of ether oxygens (including phenoxy) is 2. The largest absolute Gasteiger partial charge is 0.476 e. The molecule has 3 heterocycles. The van der Waals surface area contributed by atoms with Crippen LogP contribution in [0.4, 0.5) is 13.6 Å². The number of hydrogen-bond acceptors (Lipinski definition) is 6.